The molecule has 1 N–H and O–H groups in total. The number of carboxylic acid groups (broad SMARTS) is 1. The second-order valence-corrected chi connectivity index (χ2v) is 5.63. The first-order valence-corrected chi connectivity index (χ1v) is 6.59. The Bertz CT molecular complexity index is 581. The highest BCUT2D eigenvalue weighted by Crippen LogP contribution is 2.28. The molecule has 0 aliphatic carbocycles. The van der Waals surface area contributed by atoms with Crippen LogP contribution in [0, 0.1) is 4.91 Å². The second kappa shape index (κ2) is 4.80. The van der Waals surface area contributed by atoms with Gasteiger partial charge in [0.25, 0.3) is 0 Å². The van der Waals surface area contributed by atoms with Gasteiger partial charge in [-0.3, -0.25) is 0 Å². The zero-order valence-corrected chi connectivity index (χ0v) is 10.2. The minimum Gasteiger partial charge on any atom is -0.478 e. The molecule has 1 aromatic rings. The normalized spacial score (nSPS) is 11.2. The Morgan fingerprint density at radius 3 is 2.47 bits per heavy atom. The Balaban J connectivity index is 3.61. The number of sulfone groups is 1. The molecule has 0 aliphatic heterocycles. The summed E-state index contributed by atoms with van der Waals surface area (Å²) in [6, 6.07) is 2.18. The molecule has 0 atom stereocenters. The van der Waals surface area contributed by atoms with Gasteiger partial charge in [-0.05, 0) is 12.1 Å². The first kappa shape index (κ1) is 13.6. The number of rotatable bonds is 4. The third-order valence-electron chi connectivity index (χ3n) is 2.05. The Labute approximate surface area is 102 Å². The average molecular weight is 278 g/mol. The van der Waals surface area contributed by atoms with E-state index in [9.17, 15) is 18.1 Å². The fourth-order valence-corrected chi connectivity index (χ4v) is 2.62. The van der Waals surface area contributed by atoms with Crippen molar-refractivity contribution >= 4 is 27.4 Å². The zero-order valence-electron chi connectivity index (χ0n) is 8.68. The van der Waals surface area contributed by atoms with Crippen LogP contribution in [0.4, 0.5) is 0 Å². The second-order valence-electron chi connectivity index (χ2n) is 3.27. The highest BCUT2D eigenvalue weighted by molar-refractivity contribution is 7.90. The molecule has 0 fully saturated rings. The summed E-state index contributed by atoms with van der Waals surface area (Å²) in [6.07, 6.45) is 0.938. The highest BCUT2D eigenvalue weighted by Gasteiger charge is 2.21. The number of nitroso groups, excluding NO2 is 1. The summed E-state index contributed by atoms with van der Waals surface area (Å²) in [6.45, 7) is -0.498. The lowest BCUT2D eigenvalue weighted by Gasteiger charge is -2.09. The van der Waals surface area contributed by atoms with Crippen LogP contribution in [0.2, 0.25) is 5.02 Å². The van der Waals surface area contributed by atoms with Gasteiger partial charge in [0, 0.05) is 11.8 Å². The van der Waals surface area contributed by atoms with Gasteiger partial charge in [-0.2, -0.15) is 4.91 Å². The molecule has 0 radical (unpaired) electrons. The summed E-state index contributed by atoms with van der Waals surface area (Å²) >= 11 is 5.75. The van der Waals surface area contributed by atoms with E-state index in [1.54, 1.807) is 0 Å². The van der Waals surface area contributed by atoms with Crippen LogP contribution in [-0.2, 0) is 16.4 Å². The van der Waals surface area contributed by atoms with Crippen molar-refractivity contribution in [2.45, 2.75) is 11.4 Å². The number of hydrogen-bond donors (Lipinski definition) is 1. The van der Waals surface area contributed by atoms with E-state index in [1.807, 2.05) is 0 Å². The summed E-state index contributed by atoms with van der Waals surface area (Å²) in [5.74, 6) is -1.30. The molecule has 92 valence electrons. The third kappa shape index (κ3) is 2.80. The number of aromatic carboxylic acids is 1. The van der Waals surface area contributed by atoms with Crippen molar-refractivity contribution in [3.05, 3.63) is 33.2 Å². The number of halogens is 1. The molecule has 0 spiro atoms. The number of hydrogen-bond acceptors (Lipinski definition) is 5. The number of nitrogens with zero attached hydrogens (tertiary/aromatic N) is 1. The van der Waals surface area contributed by atoms with Crippen LogP contribution in [0.25, 0.3) is 0 Å². The van der Waals surface area contributed by atoms with E-state index >= 15 is 0 Å². The van der Waals surface area contributed by atoms with Crippen LogP contribution in [0.5, 0.6) is 0 Å². The van der Waals surface area contributed by atoms with Crippen molar-refractivity contribution in [2.24, 2.45) is 5.18 Å². The van der Waals surface area contributed by atoms with E-state index in [2.05, 4.69) is 5.18 Å². The molecule has 0 unspecified atom stereocenters. The molecule has 0 amide bonds. The van der Waals surface area contributed by atoms with Crippen molar-refractivity contribution in [3.8, 4) is 0 Å². The summed E-state index contributed by atoms with van der Waals surface area (Å²) in [5.41, 5.74) is -0.359. The van der Waals surface area contributed by atoms with E-state index < -0.39 is 22.4 Å². The van der Waals surface area contributed by atoms with Gasteiger partial charge in [0.05, 0.1) is 15.5 Å². The fourth-order valence-electron chi connectivity index (χ4n) is 1.33. The minimum atomic E-state index is -3.60. The Morgan fingerprint density at radius 2 is 2.06 bits per heavy atom. The molecule has 8 heteroatoms. The van der Waals surface area contributed by atoms with E-state index in [4.69, 9.17) is 16.7 Å². The largest absolute Gasteiger partial charge is 0.478 e. The lowest BCUT2D eigenvalue weighted by Crippen LogP contribution is -2.07. The van der Waals surface area contributed by atoms with Gasteiger partial charge in [0.2, 0.25) is 0 Å². The van der Waals surface area contributed by atoms with Crippen LogP contribution in [0.3, 0.4) is 0 Å². The standard InChI is InChI=1S/C9H8ClNO5S/c1-17(15,16)7-3-2-5(9(12)13)8(10)6(7)4-11-14/h2-3H,4H2,1H3,(H,12,13). The van der Waals surface area contributed by atoms with E-state index in [1.165, 1.54) is 0 Å². The molecule has 1 aromatic carbocycles. The number of carbonyl (C=O) groups is 1. The predicted molar refractivity (Wildman–Crippen MR) is 61.0 cm³/mol. The molecule has 1 rings (SSSR count). The first-order chi connectivity index (χ1) is 7.79. The lowest BCUT2D eigenvalue weighted by atomic mass is 10.1. The molecule has 0 saturated carbocycles. The SMILES string of the molecule is CS(=O)(=O)c1ccc(C(=O)O)c(Cl)c1CN=O. The maximum atomic E-state index is 11.4. The number of carboxylic acids is 1. The Hall–Kier alpha value is -1.47. The van der Waals surface area contributed by atoms with E-state index in [0.29, 0.717) is 0 Å². The third-order valence-corrected chi connectivity index (χ3v) is 3.67. The van der Waals surface area contributed by atoms with Gasteiger partial charge in [0.1, 0.15) is 6.54 Å². The summed E-state index contributed by atoms with van der Waals surface area (Å²) in [7, 11) is -3.60. The van der Waals surface area contributed by atoms with Crippen molar-refractivity contribution < 1.29 is 18.3 Å². The van der Waals surface area contributed by atoms with Crippen LogP contribution in [-0.4, -0.2) is 25.7 Å². The summed E-state index contributed by atoms with van der Waals surface area (Å²) < 4.78 is 22.8. The molecular formula is C9H8ClNO5S. The lowest BCUT2D eigenvalue weighted by molar-refractivity contribution is 0.0697. The van der Waals surface area contributed by atoms with Crippen LogP contribution in [0.1, 0.15) is 15.9 Å². The summed E-state index contributed by atoms with van der Waals surface area (Å²) in [5, 5.41) is 11.1. The highest BCUT2D eigenvalue weighted by atomic mass is 35.5. The fraction of sp³-hybridized carbons (Fsp3) is 0.222. The number of benzene rings is 1. The molecule has 0 saturated heterocycles. The van der Waals surface area contributed by atoms with Crippen LogP contribution in [0.15, 0.2) is 22.2 Å². The smallest absolute Gasteiger partial charge is 0.337 e. The van der Waals surface area contributed by atoms with Crippen molar-refractivity contribution in [1.82, 2.24) is 0 Å². The Morgan fingerprint density at radius 1 is 1.47 bits per heavy atom. The minimum absolute atomic E-state index is 0.0935. The van der Waals surface area contributed by atoms with Gasteiger partial charge >= 0.3 is 5.97 Å². The Kier molecular flexibility index (Phi) is 3.84. The quantitative estimate of drug-likeness (QED) is 0.844. The van der Waals surface area contributed by atoms with Gasteiger partial charge in [-0.25, -0.2) is 13.2 Å². The molecule has 0 bridgehead atoms. The molecule has 0 aromatic heterocycles. The van der Waals surface area contributed by atoms with Crippen molar-refractivity contribution in [2.75, 3.05) is 6.26 Å². The van der Waals surface area contributed by atoms with Gasteiger partial charge in [-0.15, -0.1) is 0 Å². The average Bonchev–Trinajstić information content (AvgIpc) is 2.18. The zero-order chi connectivity index (χ0) is 13.2. The van der Waals surface area contributed by atoms with E-state index in [0.717, 1.165) is 18.4 Å². The van der Waals surface area contributed by atoms with Crippen molar-refractivity contribution in [3.63, 3.8) is 0 Å². The topological polar surface area (TPSA) is 101 Å². The first-order valence-electron chi connectivity index (χ1n) is 4.33. The van der Waals surface area contributed by atoms with Gasteiger partial charge in [0.15, 0.2) is 9.84 Å². The molecule has 6 nitrogen and oxygen atoms in total. The molecule has 0 aliphatic rings. The van der Waals surface area contributed by atoms with Gasteiger partial charge in [-0.1, -0.05) is 16.8 Å². The monoisotopic (exact) mass is 277 g/mol. The molecule has 17 heavy (non-hydrogen) atoms. The van der Waals surface area contributed by atoms with Crippen LogP contribution < -0.4 is 0 Å². The predicted octanol–water partition coefficient (Wildman–Crippen LogP) is 1.71. The van der Waals surface area contributed by atoms with Crippen LogP contribution >= 0.6 is 11.6 Å². The van der Waals surface area contributed by atoms with E-state index in [-0.39, 0.29) is 21.0 Å². The van der Waals surface area contributed by atoms with Gasteiger partial charge < -0.3 is 5.11 Å². The summed E-state index contributed by atoms with van der Waals surface area (Å²) in [4.78, 5) is 20.8. The maximum Gasteiger partial charge on any atom is 0.337 e. The maximum absolute atomic E-state index is 11.4. The molecular weight excluding hydrogens is 270 g/mol. The van der Waals surface area contributed by atoms with Crippen molar-refractivity contribution in [1.29, 1.82) is 0 Å². The molecule has 0 heterocycles.